The number of benzene rings is 1. The fourth-order valence-corrected chi connectivity index (χ4v) is 1.49. The van der Waals surface area contributed by atoms with Gasteiger partial charge in [0, 0.05) is 0 Å². The molecule has 4 nitrogen and oxygen atoms in total. The molecule has 0 aliphatic carbocycles. The number of nitrogens with one attached hydrogen (secondary N) is 1. The van der Waals surface area contributed by atoms with Crippen molar-refractivity contribution in [1.29, 1.82) is 0 Å². The minimum Gasteiger partial charge on any atom is -0.491 e. The second-order valence-corrected chi connectivity index (χ2v) is 3.66. The number of fused-ring (bicyclic) bond motifs is 1. The van der Waals surface area contributed by atoms with E-state index >= 15 is 0 Å². The van der Waals surface area contributed by atoms with Crippen molar-refractivity contribution < 1.29 is 14.3 Å². The van der Waals surface area contributed by atoms with E-state index in [4.69, 9.17) is 4.74 Å². The van der Waals surface area contributed by atoms with Gasteiger partial charge in [-0.1, -0.05) is 0 Å². The molecule has 0 bridgehead atoms. The Hall–Kier alpha value is -1.84. The predicted molar refractivity (Wildman–Crippen MR) is 54.0 cm³/mol. The standard InChI is InChI=1S/C11H11NO3/c1-6(2)15-7-3-4-8-9(5-7)11(14)12-10(8)13/h3-6H,1-2H3,(H,12,13,14). The van der Waals surface area contributed by atoms with Crippen molar-refractivity contribution in [1.82, 2.24) is 5.32 Å². The summed E-state index contributed by atoms with van der Waals surface area (Å²) in [5.41, 5.74) is 0.800. The van der Waals surface area contributed by atoms with Crippen LogP contribution in [0.15, 0.2) is 18.2 Å². The second-order valence-electron chi connectivity index (χ2n) is 3.66. The average Bonchev–Trinajstić information content (AvgIpc) is 2.41. The lowest BCUT2D eigenvalue weighted by molar-refractivity contribution is 0.0879. The van der Waals surface area contributed by atoms with Crippen molar-refractivity contribution in [3.05, 3.63) is 29.3 Å². The summed E-state index contributed by atoms with van der Waals surface area (Å²) in [5, 5.41) is 2.23. The molecule has 1 aliphatic rings. The van der Waals surface area contributed by atoms with Gasteiger partial charge < -0.3 is 4.74 Å². The molecule has 1 aromatic rings. The van der Waals surface area contributed by atoms with Crippen LogP contribution >= 0.6 is 0 Å². The van der Waals surface area contributed by atoms with Crippen LogP contribution in [0.1, 0.15) is 34.6 Å². The molecule has 2 rings (SSSR count). The van der Waals surface area contributed by atoms with E-state index in [2.05, 4.69) is 5.32 Å². The molecule has 0 radical (unpaired) electrons. The summed E-state index contributed by atoms with van der Waals surface area (Å²) in [7, 11) is 0. The lowest BCUT2D eigenvalue weighted by Crippen LogP contribution is -2.19. The van der Waals surface area contributed by atoms with Crippen molar-refractivity contribution in [2.75, 3.05) is 0 Å². The van der Waals surface area contributed by atoms with Crippen LogP contribution < -0.4 is 10.1 Å². The highest BCUT2D eigenvalue weighted by Crippen LogP contribution is 2.22. The summed E-state index contributed by atoms with van der Waals surface area (Å²) in [6.07, 6.45) is 0.0446. The van der Waals surface area contributed by atoms with E-state index < -0.39 is 0 Å². The van der Waals surface area contributed by atoms with E-state index in [9.17, 15) is 9.59 Å². The molecular weight excluding hydrogens is 194 g/mol. The zero-order chi connectivity index (χ0) is 11.0. The summed E-state index contributed by atoms with van der Waals surface area (Å²) in [4.78, 5) is 22.6. The number of imide groups is 1. The molecule has 2 amide bonds. The number of carbonyl (C=O) groups excluding carboxylic acids is 2. The maximum absolute atomic E-state index is 11.3. The molecule has 78 valence electrons. The first-order valence-electron chi connectivity index (χ1n) is 4.74. The Morgan fingerprint density at radius 3 is 2.47 bits per heavy atom. The third-order valence-corrected chi connectivity index (χ3v) is 2.08. The molecule has 1 N–H and O–H groups in total. The van der Waals surface area contributed by atoms with Crippen LogP contribution in [0, 0.1) is 0 Å². The van der Waals surface area contributed by atoms with Crippen molar-refractivity contribution >= 4 is 11.8 Å². The van der Waals surface area contributed by atoms with Gasteiger partial charge in [-0.2, -0.15) is 0 Å². The molecule has 0 aromatic heterocycles. The Bertz CT molecular complexity index is 437. The van der Waals surface area contributed by atoms with Gasteiger partial charge in [-0.05, 0) is 32.0 Å². The van der Waals surface area contributed by atoms with Crippen LogP contribution in [0.3, 0.4) is 0 Å². The third kappa shape index (κ3) is 1.70. The molecule has 1 aliphatic heterocycles. The van der Waals surface area contributed by atoms with Gasteiger partial charge in [0.2, 0.25) is 0 Å². The van der Waals surface area contributed by atoms with Crippen LogP contribution in [0.4, 0.5) is 0 Å². The summed E-state index contributed by atoms with van der Waals surface area (Å²) in [6, 6.07) is 4.89. The van der Waals surface area contributed by atoms with E-state index in [0.29, 0.717) is 16.9 Å². The first-order valence-corrected chi connectivity index (χ1v) is 4.74. The quantitative estimate of drug-likeness (QED) is 0.741. The molecule has 1 aromatic carbocycles. The van der Waals surface area contributed by atoms with E-state index in [1.54, 1.807) is 18.2 Å². The van der Waals surface area contributed by atoms with E-state index in [1.165, 1.54) is 0 Å². The number of amides is 2. The minimum absolute atomic E-state index is 0.0446. The summed E-state index contributed by atoms with van der Waals surface area (Å²) >= 11 is 0. The first kappa shape index (κ1) is 9.71. The number of hydrogen-bond donors (Lipinski definition) is 1. The molecule has 1 heterocycles. The van der Waals surface area contributed by atoms with Gasteiger partial charge in [0.05, 0.1) is 17.2 Å². The maximum Gasteiger partial charge on any atom is 0.259 e. The minimum atomic E-state index is -0.357. The zero-order valence-electron chi connectivity index (χ0n) is 8.53. The predicted octanol–water partition coefficient (Wildman–Crippen LogP) is 1.36. The lowest BCUT2D eigenvalue weighted by Gasteiger charge is -2.09. The summed E-state index contributed by atoms with van der Waals surface area (Å²) < 4.78 is 5.43. The monoisotopic (exact) mass is 205 g/mol. The Labute approximate surface area is 87.2 Å². The van der Waals surface area contributed by atoms with Gasteiger partial charge in [-0.3, -0.25) is 14.9 Å². The smallest absolute Gasteiger partial charge is 0.259 e. The van der Waals surface area contributed by atoms with Crippen LogP contribution in [0.2, 0.25) is 0 Å². The van der Waals surface area contributed by atoms with Crippen LogP contribution in [-0.4, -0.2) is 17.9 Å². The van der Waals surface area contributed by atoms with E-state index in [1.807, 2.05) is 13.8 Å². The molecule has 0 saturated heterocycles. The third-order valence-electron chi connectivity index (χ3n) is 2.08. The average molecular weight is 205 g/mol. The molecule has 4 heteroatoms. The van der Waals surface area contributed by atoms with Crippen molar-refractivity contribution in [3.8, 4) is 5.75 Å². The van der Waals surface area contributed by atoms with Crippen LogP contribution in [0.5, 0.6) is 5.75 Å². The molecule has 0 saturated carbocycles. The van der Waals surface area contributed by atoms with Crippen molar-refractivity contribution in [3.63, 3.8) is 0 Å². The number of rotatable bonds is 2. The topological polar surface area (TPSA) is 55.4 Å². The molecule has 0 fully saturated rings. The molecule has 0 unspecified atom stereocenters. The molecular formula is C11H11NO3. The van der Waals surface area contributed by atoms with Crippen molar-refractivity contribution in [2.45, 2.75) is 20.0 Å². The fourth-order valence-electron chi connectivity index (χ4n) is 1.49. The van der Waals surface area contributed by atoms with E-state index in [-0.39, 0.29) is 17.9 Å². The van der Waals surface area contributed by atoms with Gasteiger partial charge >= 0.3 is 0 Å². The SMILES string of the molecule is CC(C)Oc1ccc2c(c1)C(=O)NC2=O. The second kappa shape index (κ2) is 3.38. The first-order chi connectivity index (χ1) is 7.08. The highest BCUT2D eigenvalue weighted by molar-refractivity contribution is 6.21. The van der Waals surface area contributed by atoms with E-state index in [0.717, 1.165) is 0 Å². The number of carbonyl (C=O) groups is 2. The van der Waals surface area contributed by atoms with Crippen molar-refractivity contribution in [2.24, 2.45) is 0 Å². The number of hydrogen-bond acceptors (Lipinski definition) is 3. The lowest BCUT2D eigenvalue weighted by atomic mass is 10.1. The highest BCUT2D eigenvalue weighted by Gasteiger charge is 2.26. The molecule has 15 heavy (non-hydrogen) atoms. The van der Waals surface area contributed by atoms with Gasteiger partial charge in [0.25, 0.3) is 11.8 Å². The zero-order valence-corrected chi connectivity index (χ0v) is 8.53. The normalized spacial score (nSPS) is 14.1. The Kier molecular flexibility index (Phi) is 2.19. The summed E-state index contributed by atoms with van der Waals surface area (Å²) in [6.45, 7) is 3.80. The maximum atomic E-state index is 11.3. The fraction of sp³-hybridized carbons (Fsp3) is 0.273. The Morgan fingerprint density at radius 2 is 1.80 bits per heavy atom. The van der Waals surface area contributed by atoms with Crippen LogP contribution in [-0.2, 0) is 0 Å². The Balaban J connectivity index is 2.38. The van der Waals surface area contributed by atoms with Gasteiger partial charge in [-0.25, -0.2) is 0 Å². The molecule has 0 spiro atoms. The van der Waals surface area contributed by atoms with Gasteiger partial charge in [0.15, 0.2) is 0 Å². The van der Waals surface area contributed by atoms with Crippen LogP contribution in [0.25, 0.3) is 0 Å². The highest BCUT2D eigenvalue weighted by atomic mass is 16.5. The summed E-state index contributed by atoms with van der Waals surface area (Å²) in [5.74, 6) is -0.0936. The Morgan fingerprint density at radius 1 is 1.13 bits per heavy atom. The van der Waals surface area contributed by atoms with Gasteiger partial charge in [0.1, 0.15) is 5.75 Å². The van der Waals surface area contributed by atoms with Gasteiger partial charge in [-0.15, -0.1) is 0 Å². The largest absolute Gasteiger partial charge is 0.491 e. The molecule has 0 atom stereocenters. The number of ether oxygens (including phenoxy) is 1.